The van der Waals surface area contributed by atoms with E-state index in [-0.39, 0.29) is 11.7 Å². The molecule has 0 radical (unpaired) electrons. The van der Waals surface area contributed by atoms with Crippen LogP contribution in [0.15, 0.2) is 89.7 Å². The van der Waals surface area contributed by atoms with E-state index in [4.69, 9.17) is 0 Å². The van der Waals surface area contributed by atoms with Crippen molar-refractivity contribution in [2.75, 3.05) is 5.32 Å². The van der Waals surface area contributed by atoms with Crippen LogP contribution in [0.25, 0.3) is 11.1 Å². The van der Waals surface area contributed by atoms with Gasteiger partial charge in [0.05, 0.1) is 0 Å². The number of hydrogen-bond acceptors (Lipinski definition) is 4. The fourth-order valence-electron chi connectivity index (χ4n) is 3.00. The summed E-state index contributed by atoms with van der Waals surface area (Å²) in [6.45, 7) is 0.419. The molecule has 4 aromatic rings. The zero-order valence-corrected chi connectivity index (χ0v) is 17.9. The highest BCUT2D eigenvalue weighted by atomic mass is 79.9. The van der Waals surface area contributed by atoms with Gasteiger partial charge in [-0.3, -0.25) is 4.79 Å². The highest BCUT2D eigenvalue weighted by molar-refractivity contribution is 9.10. The van der Waals surface area contributed by atoms with Crippen molar-refractivity contribution < 1.29 is 9.18 Å². The first-order valence-corrected chi connectivity index (χ1v) is 10.3. The summed E-state index contributed by atoms with van der Waals surface area (Å²) < 4.78 is 14.4. The summed E-state index contributed by atoms with van der Waals surface area (Å²) in [5.74, 6) is -0.109. The van der Waals surface area contributed by atoms with Crippen LogP contribution in [0.3, 0.4) is 0 Å². The first-order chi connectivity index (χ1) is 15.1. The molecule has 0 unspecified atom stereocenters. The molecule has 1 amide bonds. The van der Waals surface area contributed by atoms with Gasteiger partial charge in [-0.2, -0.15) is 0 Å². The van der Waals surface area contributed by atoms with Gasteiger partial charge in [-0.1, -0.05) is 52.3 Å². The van der Waals surface area contributed by atoms with E-state index < -0.39 is 0 Å². The van der Waals surface area contributed by atoms with Crippen molar-refractivity contribution in [3.05, 3.63) is 107 Å². The first-order valence-electron chi connectivity index (χ1n) is 9.55. The zero-order valence-electron chi connectivity index (χ0n) is 16.3. The maximum Gasteiger partial charge on any atom is 0.251 e. The maximum absolute atomic E-state index is 13.4. The summed E-state index contributed by atoms with van der Waals surface area (Å²) in [5.41, 5.74) is 3.62. The summed E-state index contributed by atoms with van der Waals surface area (Å²) in [7, 11) is 0. The van der Waals surface area contributed by atoms with Crippen LogP contribution in [0.4, 0.5) is 16.0 Å². The predicted molar refractivity (Wildman–Crippen MR) is 122 cm³/mol. The quantitative estimate of drug-likeness (QED) is 0.373. The zero-order chi connectivity index (χ0) is 21.6. The molecule has 5 nitrogen and oxygen atoms in total. The Labute approximate surface area is 187 Å². The van der Waals surface area contributed by atoms with Crippen LogP contribution in [0.5, 0.6) is 0 Å². The van der Waals surface area contributed by atoms with E-state index in [2.05, 4.69) is 36.5 Å². The third-order valence-electron chi connectivity index (χ3n) is 4.59. The number of halogens is 2. The molecule has 0 saturated carbocycles. The lowest BCUT2D eigenvalue weighted by molar-refractivity contribution is 0.0951. The van der Waals surface area contributed by atoms with Gasteiger partial charge in [0.25, 0.3) is 5.91 Å². The van der Waals surface area contributed by atoms with Crippen molar-refractivity contribution in [1.29, 1.82) is 0 Å². The van der Waals surface area contributed by atoms with E-state index in [0.717, 1.165) is 10.0 Å². The normalized spacial score (nSPS) is 10.5. The van der Waals surface area contributed by atoms with E-state index in [1.54, 1.807) is 42.7 Å². The lowest BCUT2D eigenvalue weighted by Crippen LogP contribution is -2.23. The van der Waals surface area contributed by atoms with Gasteiger partial charge in [0, 0.05) is 40.2 Å². The van der Waals surface area contributed by atoms with Gasteiger partial charge in [-0.25, -0.2) is 14.4 Å². The number of aromatic nitrogens is 2. The van der Waals surface area contributed by atoms with E-state index in [9.17, 15) is 9.18 Å². The second kappa shape index (κ2) is 9.49. The SMILES string of the molecule is O=C(NCc1ccccc1Br)c1cccc(Nc2ncc(-c3cccc(F)c3)cn2)c1. The Morgan fingerprint density at radius 3 is 2.45 bits per heavy atom. The molecule has 7 heteroatoms. The lowest BCUT2D eigenvalue weighted by Gasteiger charge is -2.09. The number of carbonyl (C=O) groups excluding carboxylic acids is 1. The van der Waals surface area contributed by atoms with Crippen LogP contribution in [-0.4, -0.2) is 15.9 Å². The second-order valence-electron chi connectivity index (χ2n) is 6.79. The Balaban J connectivity index is 1.42. The molecule has 0 aliphatic heterocycles. The van der Waals surface area contributed by atoms with Crippen molar-refractivity contribution in [1.82, 2.24) is 15.3 Å². The van der Waals surface area contributed by atoms with Crippen LogP contribution in [0.1, 0.15) is 15.9 Å². The van der Waals surface area contributed by atoms with E-state index in [1.165, 1.54) is 12.1 Å². The molecule has 0 aliphatic rings. The molecule has 3 aromatic carbocycles. The number of anilines is 2. The standard InChI is InChI=1S/C24H18BrFN4O/c25-22-10-2-1-5-18(22)13-27-23(31)17-7-4-9-21(12-17)30-24-28-14-19(15-29-24)16-6-3-8-20(26)11-16/h1-12,14-15H,13H2,(H,27,31)(H,28,29,30). The van der Waals surface area contributed by atoms with Crippen molar-refractivity contribution >= 4 is 33.5 Å². The van der Waals surface area contributed by atoms with E-state index >= 15 is 0 Å². The van der Waals surface area contributed by atoms with E-state index in [1.807, 2.05) is 30.3 Å². The van der Waals surface area contributed by atoms with Gasteiger partial charge in [0.2, 0.25) is 5.95 Å². The minimum Gasteiger partial charge on any atom is -0.348 e. The molecule has 2 N–H and O–H groups in total. The van der Waals surface area contributed by atoms with Gasteiger partial charge in [-0.15, -0.1) is 0 Å². The van der Waals surface area contributed by atoms with Crippen molar-refractivity contribution in [3.8, 4) is 11.1 Å². The number of nitrogens with zero attached hydrogens (tertiary/aromatic N) is 2. The summed E-state index contributed by atoms with van der Waals surface area (Å²) >= 11 is 3.48. The minimum absolute atomic E-state index is 0.179. The van der Waals surface area contributed by atoms with Gasteiger partial charge < -0.3 is 10.6 Å². The fourth-order valence-corrected chi connectivity index (χ4v) is 3.42. The second-order valence-corrected chi connectivity index (χ2v) is 7.64. The van der Waals surface area contributed by atoms with Crippen LogP contribution in [0.2, 0.25) is 0 Å². The first kappa shape index (κ1) is 20.7. The molecule has 31 heavy (non-hydrogen) atoms. The van der Waals surface area contributed by atoms with Crippen molar-refractivity contribution in [3.63, 3.8) is 0 Å². The molecule has 0 bridgehead atoms. The van der Waals surface area contributed by atoms with Gasteiger partial charge in [-0.05, 0) is 47.5 Å². The molecule has 0 atom stereocenters. The smallest absolute Gasteiger partial charge is 0.251 e. The molecule has 154 valence electrons. The van der Waals surface area contributed by atoms with Crippen LogP contribution in [0, 0.1) is 5.82 Å². The summed E-state index contributed by atoms with van der Waals surface area (Å²) in [5, 5.41) is 6.01. The Kier molecular flexibility index (Phi) is 6.33. The number of nitrogens with one attached hydrogen (secondary N) is 2. The van der Waals surface area contributed by atoms with Gasteiger partial charge in [0.15, 0.2) is 0 Å². The largest absolute Gasteiger partial charge is 0.348 e. The average molecular weight is 477 g/mol. The van der Waals surface area contributed by atoms with Crippen LogP contribution >= 0.6 is 15.9 Å². The fraction of sp³-hybridized carbons (Fsp3) is 0.0417. The maximum atomic E-state index is 13.4. The molecule has 4 rings (SSSR count). The van der Waals surface area contributed by atoms with Crippen molar-refractivity contribution in [2.45, 2.75) is 6.54 Å². The number of rotatable bonds is 6. The highest BCUT2D eigenvalue weighted by Gasteiger charge is 2.08. The molecule has 1 heterocycles. The van der Waals surface area contributed by atoms with Gasteiger partial charge in [0.1, 0.15) is 5.82 Å². The Bertz CT molecular complexity index is 1210. The molecule has 0 aliphatic carbocycles. The molecular formula is C24H18BrFN4O. The van der Waals surface area contributed by atoms with Gasteiger partial charge >= 0.3 is 0 Å². The number of hydrogen-bond donors (Lipinski definition) is 2. The third kappa shape index (κ3) is 5.32. The van der Waals surface area contributed by atoms with Crippen molar-refractivity contribution in [2.24, 2.45) is 0 Å². The van der Waals surface area contributed by atoms with Crippen LogP contribution < -0.4 is 10.6 Å². The third-order valence-corrected chi connectivity index (χ3v) is 5.36. The number of carbonyl (C=O) groups is 1. The Morgan fingerprint density at radius 1 is 0.903 bits per heavy atom. The molecular weight excluding hydrogens is 459 g/mol. The molecule has 0 saturated heterocycles. The van der Waals surface area contributed by atoms with E-state index in [0.29, 0.717) is 34.9 Å². The summed E-state index contributed by atoms with van der Waals surface area (Å²) in [6.07, 6.45) is 3.25. The average Bonchev–Trinajstić information content (AvgIpc) is 2.79. The molecule has 0 fully saturated rings. The number of amides is 1. The summed E-state index contributed by atoms with van der Waals surface area (Å²) in [4.78, 5) is 21.1. The topological polar surface area (TPSA) is 66.9 Å². The lowest BCUT2D eigenvalue weighted by atomic mass is 10.1. The molecule has 0 spiro atoms. The highest BCUT2D eigenvalue weighted by Crippen LogP contribution is 2.21. The summed E-state index contributed by atoms with van der Waals surface area (Å²) in [6, 6.07) is 21.1. The van der Waals surface area contributed by atoms with Crippen LogP contribution in [-0.2, 0) is 6.54 Å². The molecule has 1 aromatic heterocycles. The minimum atomic E-state index is -0.311. The Hall–Kier alpha value is -3.58. The Morgan fingerprint density at radius 2 is 1.68 bits per heavy atom. The predicted octanol–water partition coefficient (Wildman–Crippen LogP) is 5.72. The monoisotopic (exact) mass is 476 g/mol. The number of benzene rings is 3.